The van der Waals surface area contributed by atoms with Crippen molar-refractivity contribution in [1.29, 1.82) is 5.26 Å². The lowest BCUT2D eigenvalue weighted by atomic mass is 9.88. The van der Waals surface area contributed by atoms with E-state index in [-0.39, 0.29) is 24.4 Å². The number of unbranched alkanes of at least 4 members (excludes halogenated alkanes) is 1. The van der Waals surface area contributed by atoms with E-state index in [0.29, 0.717) is 18.5 Å². The summed E-state index contributed by atoms with van der Waals surface area (Å²) in [5.41, 5.74) is 8.32. The van der Waals surface area contributed by atoms with Gasteiger partial charge in [0, 0.05) is 27.8 Å². The second kappa shape index (κ2) is 9.33. The molecule has 10 heteroatoms. The number of carbonyl (C=O) groups excluding carboxylic acids is 3. The van der Waals surface area contributed by atoms with E-state index >= 15 is 0 Å². The number of anilines is 1. The first-order chi connectivity index (χ1) is 15.4. The number of amides is 3. The van der Waals surface area contributed by atoms with Crippen LogP contribution in [0.15, 0.2) is 12.1 Å². The Kier molecular flexibility index (Phi) is 6.69. The second-order valence-corrected chi connectivity index (χ2v) is 9.73. The number of hydrazine groups is 1. The van der Waals surface area contributed by atoms with Gasteiger partial charge in [0.05, 0.1) is 12.2 Å². The standard InChI is InChI=1S/C22H27IN6O3/c1-2-3-9-22(12-24)10-8-17(27-28-22)25-15-5-4-13-14(19(15)23)11-29(21(13)32)16-6-7-18(30)26-20(16)31/h4-5,16-17,25,27-28H,2-3,6-11H2,1H3,(H,26,30,31). The number of nitrogens with zero attached hydrogens (tertiary/aromatic N) is 2. The van der Waals surface area contributed by atoms with Crippen molar-refractivity contribution in [3.05, 3.63) is 26.8 Å². The number of nitrogens with one attached hydrogen (secondary N) is 4. The fraction of sp³-hybridized carbons (Fsp3) is 0.545. The first-order valence-corrected chi connectivity index (χ1v) is 12.1. The van der Waals surface area contributed by atoms with Gasteiger partial charge in [-0.05, 0) is 66.0 Å². The van der Waals surface area contributed by atoms with E-state index in [0.717, 1.165) is 46.9 Å². The summed E-state index contributed by atoms with van der Waals surface area (Å²) < 4.78 is 0.938. The minimum atomic E-state index is -0.619. The van der Waals surface area contributed by atoms with Gasteiger partial charge < -0.3 is 10.2 Å². The molecular formula is C22H27IN6O3. The molecule has 3 heterocycles. The molecular weight excluding hydrogens is 523 g/mol. The summed E-state index contributed by atoms with van der Waals surface area (Å²) >= 11 is 2.24. The third-order valence-corrected chi connectivity index (χ3v) is 7.73. The number of imide groups is 1. The average molecular weight is 550 g/mol. The van der Waals surface area contributed by atoms with E-state index in [1.807, 2.05) is 6.07 Å². The first-order valence-electron chi connectivity index (χ1n) is 11.0. The maximum absolute atomic E-state index is 13.0. The number of piperidine rings is 1. The van der Waals surface area contributed by atoms with Crippen molar-refractivity contribution in [2.45, 2.75) is 76.2 Å². The summed E-state index contributed by atoms with van der Waals surface area (Å²) in [6.07, 6.45) is 4.94. The van der Waals surface area contributed by atoms with Crippen LogP contribution in [0.5, 0.6) is 0 Å². The van der Waals surface area contributed by atoms with Gasteiger partial charge in [0.15, 0.2) is 0 Å². The van der Waals surface area contributed by atoms with Gasteiger partial charge >= 0.3 is 0 Å². The van der Waals surface area contributed by atoms with Gasteiger partial charge in [-0.3, -0.25) is 19.7 Å². The maximum Gasteiger partial charge on any atom is 0.255 e. The van der Waals surface area contributed by atoms with E-state index in [4.69, 9.17) is 0 Å². The topological polar surface area (TPSA) is 126 Å². The van der Waals surface area contributed by atoms with Crippen LogP contribution in [0.25, 0.3) is 0 Å². The lowest BCUT2D eigenvalue weighted by Gasteiger charge is -2.37. The van der Waals surface area contributed by atoms with Crippen LogP contribution in [0.3, 0.4) is 0 Å². The predicted octanol–water partition coefficient (Wildman–Crippen LogP) is 2.13. The molecule has 0 aromatic heterocycles. The minimum Gasteiger partial charge on any atom is -0.368 e. The Balaban J connectivity index is 1.44. The molecule has 1 aromatic carbocycles. The number of carbonyl (C=O) groups is 3. The molecule has 9 nitrogen and oxygen atoms in total. The highest BCUT2D eigenvalue weighted by atomic mass is 127. The van der Waals surface area contributed by atoms with Crippen LogP contribution in [0, 0.1) is 14.9 Å². The lowest BCUT2D eigenvalue weighted by Crippen LogP contribution is -2.61. The average Bonchev–Trinajstić information content (AvgIpc) is 3.12. The molecule has 170 valence electrons. The van der Waals surface area contributed by atoms with Crippen molar-refractivity contribution in [1.82, 2.24) is 21.1 Å². The van der Waals surface area contributed by atoms with Gasteiger partial charge in [-0.1, -0.05) is 19.8 Å². The summed E-state index contributed by atoms with van der Waals surface area (Å²) in [6, 6.07) is 5.49. The lowest BCUT2D eigenvalue weighted by molar-refractivity contribution is -0.136. The zero-order chi connectivity index (χ0) is 22.9. The Bertz CT molecular complexity index is 983. The molecule has 0 aliphatic carbocycles. The zero-order valence-electron chi connectivity index (χ0n) is 18.0. The molecule has 3 amide bonds. The van der Waals surface area contributed by atoms with E-state index in [2.05, 4.69) is 57.1 Å². The van der Waals surface area contributed by atoms with Crippen molar-refractivity contribution < 1.29 is 14.4 Å². The number of fused-ring (bicyclic) bond motifs is 1. The number of rotatable bonds is 6. The molecule has 32 heavy (non-hydrogen) atoms. The molecule has 4 N–H and O–H groups in total. The van der Waals surface area contributed by atoms with E-state index in [1.165, 1.54) is 0 Å². The number of benzene rings is 1. The van der Waals surface area contributed by atoms with Crippen LogP contribution in [-0.2, 0) is 16.1 Å². The highest BCUT2D eigenvalue weighted by molar-refractivity contribution is 14.1. The zero-order valence-corrected chi connectivity index (χ0v) is 20.1. The molecule has 3 unspecified atom stereocenters. The predicted molar refractivity (Wildman–Crippen MR) is 126 cm³/mol. The van der Waals surface area contributed by atoms with Crippen molar-refractivity contribution in [2.24, 2.45) is 0 Å². The third kappa shape index (κ3) is 4.33. The molecule has 4 rings (SSSR count). The van der Waals surface area contributed by atoms with Gasteiger partial charge in [0.25, 0.3) is 5.91 Å². The van der Waals surface area contributed by atoms with Gasteiger partial charge in [-0.15, -0.1) is 0 Å². The Hall–Kier alpha value is -2.23. The van der Waals surface area contributed by atoms with E-state index in [1.54, 1.807) is 11.0 Å². The smallest absolute Gasteiger partial charge is 0.255 e. The highest BCUT2D eigenvalue weighted by Crippen LogP contribution is 2.35. The molecule has 2 fully saturated rings. The van der Waals surface area contributed by atoms with Gasteiger partial charge in [-0.2, -0.15) is 5.26 Å². The Labute approximate surface area is 200 Å². The second-order valence-electron chi connectivity index (χ2n) is 8.66. The monoisotopic (exact) mass is 550 g/mol. The number of halogens is 1. The fourth-order valence-corrected chi connectivity index (χ4v) is 5.36. The van der Waals surface area contributed by atoms with Crippen LogP contribution >= 0.6 is 22.6 Å². The molecule has 0 bridgehead atoms. The molecule has 3 aliphatic heterocycles. The molecule has 0 radical (unpaired) electrons. The summed E-state index contributed by atoms with van der Waals surface area (Å²) in [7, 11) is 0. The minimum absolute atomic E-state index is 0.0481. The molecule has 2 saturated heterocycles. The largest absolute Gasteiger partial charge is 0.368 e. The van der Waals surface area contributed by atoms with Crippen LogP contribution in [-0.4, -0.2) is 40.4 Å². The van der Waals surface area contributed by atoms with Gasteiger partial charge in [-0.25, -0.2) is 10.9 Å². The van der Waals surface area contributed by atoms with Crippen molar-refractivity contribution >= 4 is 46.0 Å². The Morgan fingerprint density at radius 3 is 2.78 bits per heavy atom. The molecule has 3 aliphatic rings. The Morgan fingerprint density at radius 1 is 1.31 bits per heavy atom. The summed E-state index contributed by atoms with van der Waals surface area (Å²) in [5.74, 6) is -0.872. The van der Waals surface area contributed by atoms with Crippen LogP contribution < -0.4 is 21.5 Å². The Morgan fingerprint density at radius 2 is 2.12 bits per heavy atom. The normalized spacial score (nSPS) is 27.7. The number of hydrogen-bond acceptors (Lipinski definition) is 7. The first kappa shape index (κ1) is 22.9. The van der Waals surface area contributed by atoms with E-state index in [9.17, 15) is 19.6 Å². The summed E-state index contributed by atoms with van der Waals surface area (Å²) in [5, 5.41) is 15.4. The molecule has 0 spiro atoms. The summed E-state index contributed by atoms with van der Waals surface area (Å²) in [4.78, 5) is 38.2. The highest BCUT2D eigenvalue weighted by Gasteiger charge is 2.40. The molecule has 3 atom stereocenters. The van der Waals surface area contributed by atoms with Crippen LogP contribution in [0.1, 0.15) is 67.8 Å². The van der Waals surface area contributed by atoms with Crippen molar-refractivity contribution in [2.75, 3.05) is 5.32 Å². The fourth-order valence-electron chi connectivity index (χ4n) is 4.57. The van der Waals surface area contributed by atoms with Gasteiger partial charge in [0.1, 0.15) is 11.6 Å². The van der Waals surface area contributed by atoms with E-state index < -0.39 is 17.5 Å². The third-order valence-electron chi connectivity index (χ3n) is 6.50. The summed E-state index contributed by atoms with van der Waals surface area (Å²) in [6.45, 7) is 2.46. The van der Waals surface area contributed by atoms with Crippen LogP contribution in [0.2, 0.25) is 0 Å². The van der Waals surface area contributed by atoms with Gasteiger partial charge in [0.2, 0.25) is 11.8 Å². The SMILES string of the molecule is CCCCC1(C#N)CCC(Nc2ccc3c(c2I)CN(C2CCC(=O)NC2=O)C3=O)NN1. The number of hydrogen-bond donors (Lipinski definition) is 4. The van der Waals surface area contributed by atoms with Crippen molar-refractivity contribution in [3.63, 3.8) is 0 Å². The molecule has 0 saturated carbocycles. The maximum atomic E-state index is 13.0. The van der Waals surface area contributed by atoms with Crippen LogP contribution in [0.4, 0.5) is 5.69 Å². The quantitative estimate of drug-likeness (QED) is 0.316. The number of nitriles is 1. The van der Waals surface area contributed by atoms with Crippen molar-refractivity contribution in [3.8, 4) is 6.07 Å². The molecule has 1 aromatic rings.